The third kappa shape index (κ3) is 6.15. The quantitative estimate of drug-likeness (QED) is 0.427. The number of para-hydroxylation sites is 1. The Kier molecular flexibility index (Phi) is 7.61. The van der Waals surface area contributed by atoms with Gasteiger partial charge in [0.05, 0.1) is 10.9 Å². The second-order valence-electron chi connectivity index (χ2n) is 8.96. The van der Waals surface area contributed by atoms with Gasteiger partial charge in [0.15, 0.2) is 0 Å². The number of carbonyl (C=O) groups is 2. The molecule has 0 aliphatic heterocycles. The summed E-state index contributed by atoms with van der Waals surface area (Å²) >= 11 is 0. The average Bonchev–Trinajstić information content (AvgIpc) is 2.75. The van der Waals surface area contributed by atoms with E-state index in [0.29, 0.717) is 23.1 Å². The van der Waals surface area contributed by atoms with Gasteiger partial charge in [-0.2, -0.15) is 0 Å². The fourth-order valence-electron chi connectivity index (χ4n) is 3.71. The summed E-state index contributed by atoms with van der Waals surface area (Å²) in [6, 6.07) is 13.9. The summed E-state index contributed by atoms with van der Waals surface area (Å²) < 4.78 is 10.6. The van der Waals surface area contributed by atoms with Crippen LogP contribution in [0.2, 0.25) is 0 Å². The number of alkyl carbamates (subject to hydrolysis) is 1. The largest absolute Gasteiger partial charge is 0.507 e. The molecule has 3 aromatic rings. The highest BCUT2D eigenvalue weighted by Crippen LogP contribution is 2.36. The van der Waals surface area contributed by atoms with E-state index in [1.165, 1.54) is 0 Å². The Balaban J connectivity index is 1.73. The molecule has 0 saturated heterocycles. The molecular weight excluding hydrogens is 436 g/mol. The molecule has 0 radical (unpaired) electrons. The molecule has 0 bridgehead atoms. The number of ether oxygens (including phenoxy) is 1. The Morgan fingerprint density at radius 3 is 2.56 bits per heavy atom. The zero-order valence-corrected chi connectivity index (χ0v) is 19.8. The van der Waals surface area contributed by atoms with Gasteiger partial charge < -0.3 is 24.9 Å². The van der Waals surface area contributed by atoms with Crippen molar-refractivity contribution in [3.05, 3.63) is 70.1 Å². The predicted molar refractivity (Wildman–Crippen MR) is 130 cm³/mol. The van der Waals surface area contributed by atoms with Crippen molar-refractivity contribution in [3.8, 4) is 5.75 Å². The minimum Gasteiger partial charge on any atom is -0.507 e. The smallest absolute Gasteiger partial charge is 0.407 e. The van der Waals surface area contributed by atoms with E-state index in [1.807, 2.05) is 13.0 Å². The summed E-state index contributed by atoms with van der Waals surface area (Å²) in [4.78, 5) is 36.8. The first-order valence-corrected chi connectivity index (χ1v) is 11.2. The molecule has 0 saturated carbocycles. The van der Waals surface area contributed by atoms with Gasteiger partial charge in [-0.1, -0.05) is 31.2 Å². The van der Waals surface area contributed by atoms with Crippen molar-refractivity contribution in [2.45, 2.75) is 52.1 Å². The summed E-state index contributed by atoms with van der Waals surface area (Å²) in [6.45, 7) is 7.32. The molecular formula is C26H30N2O6. The number of carbonyl (C=O) groups excluding carboxylic acids is 2. The Morgan fingerprint density at radius 1 is 1.12 bits per heavy atom. The minimum absolute atomic E-state index is 0.0652. The van der Waals surface area contributed by atoms with Crippen LogP contribution in [-0.2, 0) is 9.53 Å². The Labute approximate surface area is 197 Å². The molecule has 1 heterocycles. The van der Waals surface area contributed by atoms with E-state index in [9.17, 15) is 19.5 Å². The first kappa shape index (κ1) is 24.8. The summed E-state index contributed by atoms with van der Waals surface area (Å²) in [7, 11) is 0. The monoisotopic (exact) mass is 466 g/mol. The zero-order valence-electron chi connectivity index (χ0n) is 19.8. The van der Waals surface area contributed by atoms with Gasteiger partial charge in [-0.05, 0) is 57.0 Å². The Morgan fingerprint density at radius 2 is 1.85 bits per heavy atom. The van der Waals surface area contributed by atoms with Gasteiger partial charge in [0.25, 0.3) is 0 Å². The van der Waals surface area contributed by atoms with Crippen LogP contribution in [0.4, 0.5) is 10.5 Å². The predicted octanol–water partition coefficient (Wildman–Crippen LogP) is 4.89. The molecule has 8 nitrogen and oxygen atoms in total. The van der Waals surface area contributed by atoms with Crippen molar-refractivity contribution in [2.75, 3.05) is 11.9 Å². The van der Waals surface area contributed by atoms with Crippen LogP contribution in [0.1, 0.15) is 57.6 Å². The van der Waals surface area contributed by atoms with Gasteiger partial charge in [-0.15, -0.1) is 0 Å². The third-order valence-corrected chi connectivity index (χ3v) is 5.17. The van der Waals surface area contributed by atoms with Crippen LogP contribution in [0.5, 0.6) is 5.75 Å². The second kappa shape index (κ2) is 10.4. The first-order chi connectivity index (χ1) is 16.1. The number of fused-ring (bicyclic) bond motifs is 1. The molecule has 0 aliphatic rings. The number of rotatable bonds is 7. The molecule has 1 aromatic heterocycles. The maximum atomic E-state index is 12.7. The van der Waals surface area contributed by atoms with E-state index >= 15 is 0 Å². The third-order valence-electron chi connectivity index (χ3n) is 5.17. The first-order valence-electron chi connectivity index (χ1n) is 11.2. The van der Waals surface area contributed by atoms with Crippen LogP contribution in [0.3, 0.4) is 0 Å². The molecule has 0 aliphatic carbocycles. The number of anilines is 1. The number of hydrogen-bond acceptors (Lipinski definition) is 6. The van der Waals surface area contributed by atoms with E-state index in [2.05, 4.69) is 10.6 Å². The van der Waals surface area contributed by atoms with Crippen LogP contribution < -0.4 is 16.3 Å². The lowest BCUT2D eigenvalue weighted by Crippen LogP contribution is -2.34. The molecule has 0 fully saturated rings. The van der Waals surface area contributed by atoms with Crippen molar-refractivity contribution in [1.82, 2.24) is 5.32 Å². The molecule has 2 amide bonds. The highest BCUT2D eigenvalue weighted by Gasteiger charge is 2.23. The van der Waals surface area contributed by atoms with Crippen molar-refractivity contribution < 1.29 is 23.8 Å². The number of aromatic hydroxyl groups is 1. The molecule has 34 heavy (non-hydrogen) atoms. The Bertz CT molecular complexity index is 1240. The van der Waals surface area contributed by atoms with Gasteiger partial charge in [-0.25, -0.2) is 9.59 Å². The summed E-state index contributed by atoms with van der Waals surface area (Å²) in [5.74, 6) is -0.803. The minimum atomic E-state index is -0.612. The molecule has 8 heteroatoms. The van der Waals surface area contributed by atoms with Gasteiger partial charge in [-0.3, -0.25) is 4.79 Å². The van der Waals surface area contributed by atoms with Crippen LogP contribution in [0.25, 0.3) is 11.0 Å². The molecule has 0 spiro atoms. The molecule has 1 atom stereocenters. The Hall–Kier alpha value is -3.81. The van der Waals surface area contributed by atoms with E-state index in [1.54, 1.807) is 63.2 Å². The number of nitrogens with one attached hydrogen (secondary N) is 2. The zero-order chi connectivity index (χ0) is 24.9. The second-order valence-corrected chi connectivity index (χ2v) is 8.96. The summed E-state index contributed by atoms with van der Waals surface area (Å²) in [6.07, 6.45) is 0.0194. The molecule has 1 unspecified atom stereocenters. The summed E-state index contributed by atoms with van der Waals surface area (Å²) in [5, 5.41) is 16.7. The van der Waals surface area contributed by atoms with E-state index in [0.717, 1.165) is 5.56 Å². The van der Waals surface area contributed by atoms with Gasteiger partial charge >= 0.3 is 11.7 Å². The number of amides is 2. The maximum absolute atomic E-state index is 12.7. The molecule has 180 valence electrons. The lowest BCUT2D eigenvalue weighted by Gasteiger charge is -2.19. The van der Waals surface area contributed by atoms with Crippen LogP contribution in [0, 0.1) is 0 Å². The van der Waals surface area contributed by atoms with Crippen molar-refractivity contribution in [2.24, 2.45) is 0 Å². The average molecular weight is 467 g/mol. The van der Waals surface area contributed by atoms with Crippen LogP contribution in [0.15, 0.2) is 57.7 Å². The molecule has 3 rings (SSSR count). The standard InChI is InChI=1S/C26H30N2O6/c1-5-18(22-23(30)19-11-6-7-12-20(19)33-24(22)31)16-9-8-10-17(15-16)28-21(29)13-14-27-25(32)34-26(2,3)4/h6-12,15,18,30H,5,13-14H2,1-4H3,(H,27,32)(H,28,29). The van der Waals surface area contributed by atoms with Crippen LogP contribution in [-0.4, -0.2) is 29.3 Å². The fourth-order valence-corrected chi connectivity index (χ4v) is 3.71. The lowest BCUT2D eigenvalue weighted by molar-refractivity contribution is -0.116. The normalized spacial score (nSPS) is 12.2. The van der Waals surface area contributed by atoms with Crippen molar-refractivity contribution in [1.29, 1.82) is 0 Å². The highest BCUT2D eigenvalue weighted by atomic mass is 16.6. The topological polar surface area (TPSA) is 118 Å². The van der Waals surface area contributed by atoms with Crippen molar-refractivity contribution in [3.63, 3.8) is 0 Å². The fraction of sp³-hybridized carbons (Fsp3) is 0.346. The molecule has 2 aromatic carbocycles. The van der Waals surface area contributed by atoms with E-state index < -0.39 is 23.2 Å². The van der Waals surface area contributed by atoms with E-state index in [-0.39, 0.29) is 30.2 Å². The number of hydrogen-bond donors (Lipinski definition) is 3. The molecule has 3 N–H and O–H groups in total. The number of benzene rings is 2. The highest BCUT2D eigenvalue weighted by molar-refractivity contribution is 5.91. The van der Waals surface area contributed by atoms with Gasteiger partial charge in [0.1, 0.15) is 16.9 Å². The van der Waals surface area contributed by atoms with Gasteiger partial charge in [0.2, 0.25) is 5.91 Å². The van der Waals surface area contributed by atoms with Gasteiger partial charge in [0, 0.05) is 24.6 Å². The summed E-state index contributed by atoms with van der Waals surface area (Å²) in [5.41, 5.74) is 0.605. The SMILES string of the molecule is CCC(c1cccc(NC(=O)CCNC(=O)OC(C)(C)C)c1)c1c(O)c2ccccc2oc1=O. The maximum Gasteiger partial charge on any atom is 0.407 e. The van der Waals surface area contributed by atoms with Crippen molar-refractivity contribution >= 4 is 28.7 Å². The van der Waals surface area contributed by atoms with E-state index in [4.69, 9.17) is 9.15 Å². The van der Waals surface area contributed by atoms with Crippen LogP contribution >= 0.6 is 0 Å². The lowest BCUT2D eigenvalue weighted by atomic mass is 9.88.